The second-order valence-corrected chi connectivity index (χ2v) is 4.63. The van der Waals surface area contributed by atoms with Gasteiger partial charge >= 0.3 is 5.69 Å². The van der Waals surface area contributed by atoms with Crippen molar-refractivity contribution in [3.63, 3.8) is 0 Å². The van der Waals surface area contributed by atoms with Crippen molar-refractivity contribution in [3.8, 4) is 0 Å². The molecule has 1 aromatic rings. The van der Waals surface area contributed by atoms with Crippen LogP contribution in [0.4, 0.5) is 10.7 Å². The molecule has 5 nitrogen and oxygen atoms in total. The van der Waals surface area contributed by atoms with Crippen LogP contribution in [0.1, 0.15) is 16.6 Å². The van der Waals surface area contributed by atoms with Crippen molar-refractivity contribution < 1.29 is 9.72 Å². The first-order valence-electron chi connectivity index (χ1n) is 5.27. The van der Waals surface area contributed by atoms with Crippen molar-refractivity contribution >= 4 is 27.8 Å². The number of carbonyl (C=O) groups excluding carboxylic acids is 1. The third kappa shape index (κ3) is 3.04. The van der Waals surface area contributed by atoms with Gasteiger partial charge in [-0.05, 0) is 6.92 Å². The number of ketones is 1. The number of nitrogens with zero attached hydrogens (tertiary/aromatic N) is 2. The molecule has 0 saturated heterocycles. The lowest BCUT2D eigenvalue weighted by Gasteiger charge is -2.18. The van der Waals surface area contributed by atoms with E-state index in [1.165, 1.54) is 13.0 Å². The van der Waals surface area contributed by atoms with Gasteiger partial charge < -0.3 is 4.90 Å². The summed E-state index contributed by atoms with van der Waals surface area (Å²) in [5.74, 6) is -0.175. The Bertz CT molecular complexity index is 484. The van der Waals surface area contributed by atoms with E-state index in [1.54, 1.807) is 17.1 Å². The molecule has 96 valence electrons. The van der Waals surface area contributed by atoms with Crippen LogP contribution in [0.5, 0.6) is 0 Å². The second kappa shape index (κ2) is 6.11. The summed E-state index contributed by atoms with van der Waals surface area (Å²) in [6.45, 7) is 9.55. The van der Waals surface area contributed by atoms with E-state index >= 15 is 0 Å². The first-order chi connectivity index (χ1) is 8.51. The Hall–Kier alpha value is -1.95. The van der Waals surface area contributed by atoms with Crippen LogP contribution in [-0.2, 0) is 0 Å². The number of Topliss-reactive ketones (excluding diaryl/α,β-unsaturated/α-hetero) is 1. The Morgan fingerprint density at radius 3 is 2.44 bits per heavy atom. The second-order valence-electron chi connectivity index (χ2n) is 3.60. The molecule has 18 heavy (non-hydrogen) atoms. The number of carbonyl (C=O) groups is 1. The van der Waals surface area contributed by atoms with E-state index in [0.717, 1.165) is 11.3 Å². The molecule has 0 spiro atoms. The molecule has 0 aliphatic rings. The van der Waals surface area contributed by atoms with Gasteiger partial charge in [0, 0.05) is 19.2 Å². The summed E-state index contributed by atoms with van der Waals surface area (Å²) in [6, 6.07) is 1.32. The predicted octanol–water partition coefficient (Wildman–Crippen LogP) is 3.04. The number of nitro groups is 1. The minimum atomic E-state index is -0.475. The van der Waals surface area contributed by atoms with Gasteiger partial charge in [-0.25, -0.2) is 0 Å². The molecule has 0 amide bonds. The van der Waals surface area contributed by atoms with Gasteiger partial charge in [-0.3, -0.25) is 14.9 Å². The summed E-state index contributed by atoms with van der Waals surface area (Å²) in [7, 11) is 0. The average Bonchev–Trinajstić information content (AvgIpc) is 2.73. The largest absolute Gasteiger partial charge is 0.350 e. The molecule has 0 N–H and O–H groups in total. The Kier molecular flexibility index (Phi) is 4.79. The fourth-order valence-electron chi connectivity index (χ4n) is 1.45. The van der Waals surface area contributed by atoms with Crippen LogP contribution in [0, 0.1) is 10.1 Å². The molecule has 1 aromatic heterocycles. The zero-order valence-corrected chi connectivity index (χ0v) is 10.9. The van der Waals surface area contributed by atoms with Gasteiger partial charge in [0.1, 0.15) is 0 Å². The minimum Gasteiger partial charge on any atom is -0.350 e. The van der Waals surface area contributed by atoms with Gasteiger partial charge in [-0.15, -0.1) is 24.5 Å². The van der Waals surface area contributed by atoms with Crippen molar-refractivity contribution in [2.24, 2.45) is 0 Å². The molecule has 0 bridgehead atoms. The highest BCUT2D eigenvalue weighted by Crippen LogP contribution is 2.37. The Labute approximate surface area is 109 Å². The molecule has 0 radical (unpaired) electrons. The van der Waals surface area contributed by atoms with E-state index in [4.69, 9.17) is 0 Å². The summed E-state index contributed by atoms with van der Waals surface area (Å²) in [5, 5.41) is 11.5. The highest BCUT2D eigenvalue weighted by atomic mass is 32.1. The lowest BCUT2D eigenvalue weighted by Crippen LogP contribution is -2.22. The molecule has 0 saturated carbocycles. The Morgan fingerprint density at radius 1 is 1.50 bits per heavy atom. The zero-order chi connectivity index (χ0) is 13.7. The number of rotatable bonds is 7. The van der Waals surface area contributed by atoms with Crippen LogP contribution < -0.4 is 4.90 Å². The Balaban J connectivity index is 3.25. The summed E-state index contributed by atoms with van der Waals surface area (Å²) < 4.78 is 0. The summed E-state index contributed by atoms with van der Waals surface area (Å²) in [6.07, 6.45) is 3.31. The SMILES string of the molecule is C=CCN(CC=C)c1sc(C(C)=O)cc1[N+](=O)[O-]. The number of hydrogen-bond acceptors (Lipinski definition) is 5. The molecule has 1 heterocycles. The number of anilines is 1. The lowest BCUT2D eigenvalue weighted by molar-refractivity contribution is -0.383. The van der Waals surface area contributed by atoms with Gasteiger partial charge in [0.05, 0.1) is 9.80 Å². The van der Waals surface area contributed by atoms with E-state index in [9.17, 15) is 14.9 Å². The first kappa shape index (κ1) is 14.1. The molecule has 0 aliphatic heterocycles. The molecule has 6 heteroatoms. The van der Waals surface area contributed by atoms with Crippen molar-refractivity contribution in [3.05, 3.63) is 46.4 Å². The number of thiophene rings is 1. The quantitative estimate of drug-likeness (QED) is 0.329. The van der Waals surface area contributed by atoms with Crippen LogP contribution in [0.25, 0.3) is 0 Å². The average molecular weight is 266 g/mol. The van der Waals surface area contributed by atoms with Crippen molar-refractivity contribution in [1.82, 2.24) is 0 Å². The highest BCUT2D eigenvalue weighted by molar-refractivity contribution is 7.18. The van der Waals surface area contributed by atoms with Gasteiger partial charge in [0.25, 0.3) is 0 Å². The van der Waals surface area contributed by atoms with Gasteiger partial charge in [0.2, 0.25) is 0 Å². The zero-order valence-electron chi connectivity index (χ0n) is 10.1. The van der Waals surface area contributed by atoms with Gasteiger partial charge in [0.15, 0.2) is 10.8 Å². The van der Waals surface area contributed by atoms with E-state index in [0.29, 0.717) is 23.0 Å². The van der Waals surface area contributed by atoms with E-state index in [2.05, 4.69) is 13.2 Å². The topological polar surface area (TPSA) is 63.5 Å². The molecule has 0 unspecified atom stereocenters. The molecule has 0 atom stereocenters. The normalized spacial score (nSPS) is 9.83. The molecule has 0 aliphatic carbocycles. The maximum Gasteiger partial charge on any atom is 0.304 e. The van der Waals surface area contributed by atoms with Crippen LogP contribution in [0.15, 0.2) is 31.4 Å². The van der Waals surface area contributed by atoms with E-state index in [-0.39, 0.29) is 11.5 Å². The minimum absolute atomic E-state index is 0.0473. The first-order valence-corrected chi connectivity index (χ1v) is 6.08. The van der Waals surface area contributed by atoms with Crippen molar-refractivity contribution in [1.29, 1.82) is 0 Å². The monoisotopic (exact) mass is 266 g/mol. The summed E-state index contributed by atoms with van der Waals surface area (Å²) >= 11 is 1.12. The molecule has 0 aromatic carbocycles. The summed E-state index contributed by atoms with van der Waals surface area (Å²) in [4.78, 5) is 24.0. The smallest absolute Gasteiger partial charge is 0.304 e. The number of hydrogen-bond donors (Lipinski definition) is 0. The van der Waals surface area contributed by atoms with Crippen LogP contribution >= 0.6 is 11.3 Å². The predicted molar refractivity (Wildman–Crippen MR) is 73.6 cm³/mol. The highest BCUT2D eigenvalue weighted by Gasteiger charge is 2.24. The molecule has 1 rings (SSSR count). The van der Waals surface area contributed by atoms with Crippen LogP contribution in [0.2, 0.25) is 0 Å². The lowest BCUT2D eigenvalue weighted by atomic mass is 10.3. The fourth-order valence-corrected chi connectivity index (χ4v) is 2.49. The summed E-state index contributed by atoms with van der Waals surface area (Å²) in [5.41, 5.74) is -0.0473. The van der Waals surface area contributed by atoms with Crippen LogP contribution in [0.3, 0.4) is 0 Å². The van der Waals surface area contributed by atoms with E-state index in [1.807, 2.05) is 0 Å². The van der Waals surface area contributed by atoms with Crippen LogP contribution in [-0.4, -0.2) is 23.8 Å². The third-order valence-corrected chi connectivity index (χ3v) is 3.51. The van der Waals surface area contributed by atoms with E-state index < -0.39 is 4.92 Å². The van der Waals surface area contributed by atoms with Gasteiger partial charge in [-0.2, -0.15) is 0 Å². The van der Waals surface area contributed by atoms with Crippen molar-refractivity contribution in [2.45, 2.75) is 6.92 Å². The Morgan fingerprint density at radius 2 is 2.06 bits per heavy atom. The maximum absolute atomic E-state index is 11.3. The van der Waals surface area contributed by atoms with Crippen molar-refractivity contribution in [2.75, 3.05) is 18.0 Å². The van der Waals surface area contributed by atoms with Gasteiger partial charge in [-0.1, -0.05) is 12.2 Å². The third-order valence-electron chi connectivity index (χ3n) is 2.22. The molecular weight excluding hydrogens is 252 g/mol. The maximum atomic E-state index is 11.3. The molecular formula is C12H14N2O3S. The fraction of sp³-hybridized carbons (Fsp3) is 0.250. The molecule has 0 fully saturated rings. The standard InChI is InChI=1S/C12H14N2O3S/c1-4-6-13(7-5-2)12-10(14(16)17)8-11(18-12)9(3)15/h4-5,8H,1-2,6-7H2,3H3.